The molecule has 2 nitrogen and oxygen atoms in total. The van der Waals surface area contributed by atoms with Crippen LogP contribution in [0.3, 0.4) is 0 Å². The van der Waals surface area contributed by atoms with E-state index in [0.717, 1.165) is 19.6 Å². The van der Waals surface area contributed by atoms with Crippen LogP contribution in [0.15, 0.2) is 24.3 Å². The summed E-state index contributed by atoms with van der Waals surface area (Å²) in [7, 11) is 2.03. The van der Waals surface area contributed by atoms with E-state index in [-0.39, 0.29) is 0 Å². The lowest BCUT2D eigenvalue weighted by Gasteiger charge is -2.29. The Labute approximate surface area is 98.7 Å². The van der Waals surface area contributed by atoms with Gasteiger partial charge in [-0.2, -0.15) is 0 Å². The van der Waals surface area contributed by atoms with Crippen molar-refractivity contribution in [3.05, 3.63) is 35.4 Å². The van der Waals surface area contributed by atoms with Crippen molar-refractivity contribution in [3.8, 4) is 0 Å². The minimum absolute atomic E-state index is 0.639. The quantitative estimate of drug-likeness (QED) is 0.834. The SMILES string of the molecule is CNCC(C)C(C)N1Cc2ccccc2C1. The van der Waals surface area contributed by atoms with Crippen molar-refractivity contribution in [3.63, 3.8) is 0 Å². The van der Waals surface area contributed by atoms with Crippen molar-refractivity contribution in [1.82, 2.24) is 10.2 Å². The summed E-state index contributed by atoms with van der Waals surface area (Å²) in [6.45, 7) is 7.99. The molecule has 0 fully saturated rings. The summed E-state index contributed by atoms with van der Waals surface area (Å²) < 4.78 is 0. The van der Waals surface area contributed by atoms with Gasteiger partial charge in [-0.05, 0) is 37.6 Å². The lowest BCUT2D eigenvalue weighted by atomic mass is 10.0. The molecule has 1 aliphatic rings. The molecule has 1 N–H and O–H groups in total. The van der Waals surface area contributed by atoms with E-state index in [4.69, 9.17) is 0 Å². The zero-order valence-electron chi connectivity index (χ0n) is 10.5. The lowest BCUT2D eigenvalue weighted by molar-refractivity contribution is 0.161. The summed E-state index contributed by atoms with van der Waals surface area (Å²) in [6, 6.07) is 9.43. The van der Waals surface area contributed by atoms with Gasteiger partial charge in [0.1, 0.15) is 0 Å². The van der Waals surface area contributed by atoms with Crippen molar-refractivity contribution in [2.24, 2.45) is 5.92 Å². The second-order valence-electron chi connectivity index (χ2n) is 4.95. The number of hydrogen-bond donors (Lipinski definition) is 1. The topological polar surface area (TPSA) is 15.3 Å². The van der Waals surface area contributed by atoms with Crippen LogP contribution in [0.4, 0.5) is 0 Å². The van der Waals surface area contributed by atoms with Crippen molar-refractivity contribution in [2.45, 2.75) is 33.0 Å². The molecule has 1 aromatic carbocycles. The van der Waals surface area contributed by atoms with E-state index in [9.17, 15) is 0 Å². The highest BCUT2D eigenvalue weighted by Gasteiger charge is 2.25. The molecular weight excluding hydrogens is 196 g/mol. The maximum atomic E-state index is 3.27. The second kappa shape index (κ2) is 4.98. The van der Waals surface area contributed by atoms with Gasteiger partial charge in [-0.15, -0.1) is 0 Å². The largest absolute Gasteiger partial charge is 0.319 e. The number of nitrogens with zero attached hydrogens (tertiary/aromatic N) is 1. The molecule has 0 spiro atoms. The Hall–Kier alpha value is -0.860. The highest BCUT2D eigenvalue weighted by atomic mass is 15.2. The van der Waals surface area contributed by atoms with Gasteiger partial charge >= 0.3 is 0 Å². The monoisotopic (exact) mass is 218 g/mol. The zero-order valence-corrected chi connectivity index (χ0v) is 10.5. The molecule has 2 heteroatoms. The summed E-state index contributed by atoms with van der Waals surface area (Å²) in [6.07, 6.45) is 0. The summed E-state index contributed by atoms with van der Waals surface area (Å²) in [5, 5.41) is 3.27. The third-order valence-electron chi connectivity index (χ3n) is 3.79. The Morgan fingerprint density at radius 2 is 1.75 bits per heavy atom. The van der Waals surface area contributed by atoms with Gasteiger partial charge in [-0.3, -0.25) is 4.90 Å². The molecule has 0 amide bonds. The Morgan fingerprint density at radius 3 is 2.25 bits per heavy atom. The molecule has 0 saturated carbocycles. The molecule has 2 rings (SSSR count). The molecular formula is C14H22N2. The number of hydrogen-bond acceptors (Lipinski definition) is 2. The van der Waals surface area contributed by atoms with E-state index >= 15 is 0 Å². The summed E-state index contributed by atoms with van der Waals surface area (Å²) in [4.78, 5) is 2.58. The second-order valence-corrected chi connectivity index (χ2v) is 4.95. The Bertz CT molecular complexity index is 323. The highest BCUT2D eigenvalue weighted by molar-refractivity contribution is 5.30. The minimum Gasteiger partial charge on any atom is -0.319 e. The standard InChI is InChI=1S/C14H22N2/c1-11(8-15-3)12(2)16-9-13-6-4-5-7-14(13)10-16/h4-7,11-12,15H,8-10H2,1-3H3. The first-order valence-corrected chi connectivity index (χ1v) is 6.17. The molecule has 2 atom stereocenters. The fourth-order valence-electron chi connectivity index (χ4n) is 2.50. The predicted octanol–water partition coefficient (Wildman–Crippen LogP) is 2.25. The Balaban J connectivity index is 2.00. The van der Waals surface area contributed by atoms with Crippen LogP contribution in [0, 0.1) is 5.92 Å². The minimum atomic E-state index is 0.639. The third kappa shape index (κ3) is 2.28. The molecule has 0 saturated heterocycles. The van der Waals surface area contributed by atoms with Crippen molar-refractivity contribution in [2.75, 3.05) is 13.6 Å². The van der Waals surface area contributed by atoms with Gasteiger partial charge in [0.2, 0.25) is 0 Å². The first kappa shape index (κ1) is 11.6. The van der Waals surface area contributed by atoms with E-state index < -0.39 is 0 Å². The maximum Gasteiger partial charge on any atom is 0.0243 e. The van der Waals surface area contributed by atoms with Gasteiger partial charge in [0.05, 0.1) is 0 Å². The van der Waals surface area contributed by atoms with E-state index in [2.05, 4.69) is 48.3 Å². The van der Waals surface area contributed by atoms with Crippen LogP contribution in [0.1, 0.15) is 25.0 Å². The fraction of sp³-hybridized carbons (Fsp3) is 0.571. The van der Waals surface area contributed by atoms with Gasteiger partial charge in [-0.25, -0.2) is 0 Å². The maximum absolute atomic E-state index is 3.27. The first-order chi connectivity index (χ1) is 7.72. The lowest BCUT2D eigenvalue weighted by Crippen LogP contribution is -2.37. The van der Waals surface area contributed by atoms with Crippen LogP contribution < -0.4 is 5.32 Å². The normalized spacial score (nSPS) is 19.4. The highest BCUT2D eigenvalue weighted by Crippen LogP contribution is 2.26. The van der Waals surface area contributed by atoms with E-state index in [1.165, 1.54) is 11.1 Å². The van der Waals surface area contributed by atoms with Gasteiger partial charge in [-0.1, -0.05) is 31.2 Å². The number of fused-ring (bicyclic) bond motifs is 1. The van der Waals surface area contributed by atoms with Crippen molar-refractivity contribution in [1.29, 1.82) is 0 Å². The summed E-state index contributed by atoms with van der Waals surface area (Å²) in [5.74, 6) is 0.694. The van der Waals surface area contributed by atoms with Crippen LogP contribution in [0.5, 0.6) is 0 Å². The first-order valence-electron chi connectivity index (χ1n) is 6.17. The van der Waals surface area contributed by atoms with Crippen LogP contribution >= 0.6 is 0 Å². The molecule has 0 aromatic heterocycles. The number of rotatable bonds is 4. The van der Waals surface area contributed by atoms with Gasteiger partial charge in [0.25, 0.3) is 0 Å². The average molecular weight is 218 g/mol. The van der Waals surface area contributed by atoms with Crippen molar-refractivity contribution < 1.29 is 0 Å². The van der Waals surface area contributed by atoms with E-state index in [0.29, 0.717) is 12.0 Å². The third-order valence-corrected chi connectivity index (χ3v) is 3.79. The van der Waals surface area contributed by atoms with Crippen molar-refractivity contribution >= 4 is 0 Å². The van der Waals surface area contributed by atoms with Gasteiger partial charge < -0.3 is 5.32 Å². The average Bonchev–Trinajstić information content (AvgIpc) is 2.71. The Kier molecular flexibility index (Phi) is 3.62. The molecule has 0 radical (unpaired) electrons. The fourth-order valence-corrected chi connectivity index (χ4v) is 2.50. The van der Waals surface area contributed by atoms with Crippen LogP contribution in [-0.4, -0.2) is 24.5 Å². The van der Waals surface area contributed by atoms with Crippen LogP contribution in [-0.2, 0) is 13.1 Å². The summed E-state index contributed by atoms with van der Waals surface area (Å²) in [5.41, 5.74) is 3.01. The molecule has 1 aliphatic heterocycles. The molecule has 0 aliphatic carbocycles. The van der Waals surface area contributed by atoms with Crippen LogP contribution in [0.25, 0.3) is 0 Å². The van der Waals surface area contributed by atoms with E-state index in [1.54, 1.807) is 0 Å². The smallest absolute Gasteiger partial charge is 0.0243 e. The summed E-state index contributed by atoms with van der Waals surface area (Å²) >= 11 is 0. The molecule has 1 aromatic rings. The Morgan fingerprint density at radius 1 is 1.19 bits per heavy atom. The van der Waals surface area contributed by atoms with Crippen LogP contribution in [0.2, 0.25) is 0 Å². The molecule has 16 heavy (non-hydrogen) atoms. The zero-order chi connectivity index (χ0) is 11.5. The molecule has 0 bridgehead atoms. The van der Waals surface area contributed by atoms with Gasteiger partial charge in [0.15, 0.2) is 0 Å². The number of nitrogens with one attached hydrogen (secondary N) is 1. The van der Waals surface area contributed by atoms with Gasteiger partial charge in [0, 0.05) is 19.1 Å². The molecule has 88 valence electrons. The van der Waals surface area contributed by atoms with E-state index in [1.807, 2.05) is 7.05 Å². The predicted molar refractivity (Wildman–Crippen MR) is 68.2 cm³/mol. The molecule has 2 unspecified atom stereocenters. The molecule has 1 heterocycles. The number of benzene rings is 1.